The highest BCUT2D eigenvalue weighted by atomic mass is 35.5. The molecular formula is C15H12ClN2O6S-. The molecule has 0 heterocycles. The topological polar surface area (TPSA) is 129 Å². The van der Waals surface area contributed by atoms with Gasteiger partial charge >= 0.3 is 0 Å². The van der Waals surface area contributed by atoms with Crippen LogP contribution in [-0.2, 0) is 14.8 Å². The van der Waals surface area contributed by atoms with Crippen molar-refractivity contribution < 1.29 is 23.2 Å². The number of non-ortho nitro benzene ring substituents is 1. The van der Waals surface area contributed by atoms with Crippen molar-refractivity contribution in [2.45, 2.75) is 17.4 Å². The Morgan fingerprint density at radius 2 is 1.84 bits per heavy atom. The number of nitro groups is 1. The van der Waals surface area contributed by atoms with E-state index in [-0.39, 0.29) is 5.02 Å². The molecule has 8 nitrogen and oxygen atoms in total. The summed E-state index contributed by atoms with van der Waals surface area (Å²) in [6.45, 7) is 0. The summed E-state index contributed by atoms with van der Waals surface area (Å²) in [6, 6.07) is 9.86. The van der Waals surface area contributed by atoms with Gasteiger partial charge in [0.05, 0.1) is 16.0 Å². The number of carboxylic acid groups (broad SMARTS) is 1. The highest BCUT2D eigenvalue weighted by Gasteiger charge is 2.25. The van der Waals surface area contributed by atoms with Gasteiger partial charge < -0.3 is 9.90 Å². The molecule has 132 valence electrons. The smallest absolute Gasteiger partial charge is 0.270 e. The molecule has 1 N–H and O–H groups in total. The first-order chi connectivity index (χ1) is 11.7. The van der Waals surface area contributed by atoms with Crippen molar-refractivity contribution >= 4 is 33.3 Å². The van der Waals surface area contributed by atoms with Crippen LogP contribution >= 0.6 is 11.6 Å². The van der Waals surface area contributed by atoms with Crippen molar-refractivity contribution in [1.82, 2.24) is 4.72 Å². The van der Waals surface area contributed by atoms with Gasteiger partial charge in [-0.25, -0.2) is 13.1 Å². The minimum atomic E-state index is -4.32. The molecule has 0 bridgehead atoms. The molecule has 0 aliphatic rings. The second kappa shape index (κ2) is 7.60. The molecule has 0 saturated heterocycles. The van der Waals surface area contributed by atoms with E-state index in [4.69, 9.17) is 11.6 Å². The maximum atomic E-state index is 12.6. The van der Waals surface area contributed by atoms with Gasteiger partial charge in [0.1, 0.15) is 4.90 Å². The molecule has 0 fully saturated rings. The monoisotopic (exact) mass is 383 g/mol. The van der Waals surface area contributed by atoms with Crippen molar-refractivity contribution in [2.75, 3.05) is 0 Å². The zero-order valence-electron chi connectivity index (χ0n) is 12.6. The SMILES string of the molecule is O=C([O-])C[C@@H](NS(=O)(=O)c1cc([N+](=O)[O-])ccc1Cl)c1ccccc1. The molecule has 0 aliphatic heterocycles. The van der Waals surface area contributed by atoms with Crippen LogP contribution in [0.2, 0.25) is 5.02 Å². The molecule has 25 heavy (non-hydrogen) atoms. The molecule has 2 aromatic carbocycles. The summed E-state index contributed by atoms with van der Waals surface area (Å²) in [7, 11) is -4.32. The van der Waals surface area contributed by atoms with Crippen LogP contribution in [-0.4, -0.2) is 19.3 Å². The maximum Gasteiger partial charge on any atom is 0.270 e. The third-order valence-electron chi connectivity index (χ3n) is 3.29. The number of nitrogens with one attached hydrogen (secondary N) is 1. The Morgan fingerprint density at radius 1 is 1.20 bits per heavy atom. The van der Waals surface area contributed by atoms with E-state index in [1.54, 1.807) is 30.3 Å². The number of benzene rings is 2. The normalized spacial score (nSPS) is 12.5. The predicted molar refractivity (Wildman–Crippen MR) is 87.2 cm³/mol. The van der Waals surface area contributed by atoms with E-state index in [2.05, 4.69) is 4.72 Å². The fourth-order valence-electron chi connectivity index (χ4n) is 2.14. The van der Waals surface area contributed by atoms with Crippen LogP contribution in [0.1, 0.15) is 18.0 Å². The zero-order chi connectivity index (χ0) is 18.6. The summed E-state index contributed by atoms with van der Waals surface area (Å²) in [5.41, 5.74) is -0.0576. The summed E-state index contributed by atoms with van der Waals surface area (Å²) in [5.74, 6) is -1.46. The Balaban J connectivity index is 2.42. The fourth-order valence-corrected chi connectivity index (χ4v) is 3.89. The van der Waals surface area contributed by atoms with E-state index in [0.717, 1.165) is 18.2 Å². The maximum absolute atomic E-state index is 12.6. The van der Waals surface area contributed by atoms with Crippen LogP contribution in [0.15, 0.2) is 53.4 Å². The minimum absolute atomic E-state index is 0.224. The summed E-state index contributed by atoms with van der Waals surface area (Å²) in [5, 5.41) is 21.6. The molecule has 2 aromatic rings. The number of aliphatic carboxylic acids is 1. The Bertz CT molecular complexity index is 901. The number of sulfonamides is 1. The van der Waals surface area contributed by atoms with E-state index in [1.807, 2.05) is 0 Å². The predicted octanol–water partition coefficient (Wildman–Crippen LogP) is 1.41. The molecule has 10 heteroatoms. The molecule has 0 saturated carbocycles. The second-order valence-electron chi connectivity index (χ2n) is 5.03. The van der Waals surface area contributed by atoms with E-state index in [1.165, 1.54) is 0 Å². The van der Waals surface area contributed by atoms with E-state index < -0.39 is 44.0 Å². The van der Waals surface area contributed by atoms with Gasteiger partial charge in [-0.2, -0.15) is 0 Å². The van der Waals surface area contributed by atoms with E-state index in [0.29, 0.717) is 5.56 Å². The lowest BCUT2D eigenvalue weighted by atomic mass is 10.1. The standard InChI is InChI=1S/C15H13ClN2O6S/c16-12-7-6-11(18(21)22)8-14(12)25(23,24)17-13(9-15(19)20)10-4-2-1-3-5-10/h1-8,13,17H,9H2,(H,19,20)/p-1/t13-/m1/s1. The van der Waals surface area contributed by atoms with Crippen molar-refractivity contribution in [2.24, 2.45) is 0 Å². The van der Waals surface area contributed by atoms with Crippen LogP contribution in [0.25, 0.3) is 0 Å². The first-order valence-corrected chi connectivity index (χ1v) is 8.78. The van der Waals surface area contributed by atoms with Crippen LogP contribution in [0, 0.1) is 10.1 Å². The lowest BCUT2D eigenvalue weighted by Gasteiger charge is -2.20. The molecule has 2 rings (SSSR count). The van der Waals surface area contributed by atoms with E-state index in [9.17, 15) is 28.4 Å². The van der Waals surface area contributed by atoms with Gasteiger partial charge in [0.2, 0.25) is 10.0 Å². The van der Waals surface area contributed by atoms with Gasteiger partial charge in [0.15, 0.2) is 0 Å². The molecule has 0 aromatic heterocycles. The second-order valence-corrected chi connectivity index (χ2v) is 7.12. The van der Waals surface area contributed by atoms with Crippen LogP contribution in [0.4, 0.5) is 5.69 Å². The van der Waals surface area contributed by atoms with Gasteiger partial charge in [0, 0.05) is 24.5 Å². The highest BCUT2D eigenvalue weighted by Crippen LogP contribution is 2.28. The van der Waals surface area contributed by atoms with Crippen molar-refractivity contribution in [3.63, 3.8) is 0 Å². The Labute approximate surface area is 148 Å². The molecule has 0 radical (unpaired) electrons. The van der Waals surface area contributed by atoms with Crippen molar-refractivity contribution in [3.05, 3.63) is 69.2 Å². The van der Waals surface area contributed by atoms with Gasteiger partial charge in [-0.1, -0.05) is 41.9 Å². The number of hydrogen-bond acceptors (Lipinski definition) is 6. The first kappa shape index (κ1) is 18.8. The number of nitro benzene ring substituents is 1. The number of carbonyl (C=O) groups is 1. The van der Waals surface area contributed by atoms with Gasteiger partial charge in [-0.15, -0.1) is 0 Å². The molecule has 1 atom stereocenters. The van der Waals surface area contributed by atoms with Crippen LogP contribution in [0.3, 0.4) is 0 Å². The van der Waals surface area contributed by atoms with Crippen LogP contribution < -0.4 is 9.83 Å². The summed E-state index contributed by atoms with van der Waals surface area (Å²) in [6.07, 6.45) is -0.615. The quantitative estimate of drug-likeness (QED) is 0.568. The molecule has 0 aliphatic carbocycles. The molecular weight excluding hydrogens is 372 g/mol. The third-order valence-corrected chi connectivity index (χ3v) is 5.24. The van der Waals surface area contributed by atoms with Gasteiger partial charge in [-0.3, -0.25) is 10.1 Å². The Morgan fingerprint density at radius 3 is 2.40 bits per heavy atom. The fraction of sp³-hybridized carbons (Fsp3) is 0.133. The minimum Gasteiger partial charge on any atom is -0.550 e. The number of carbonyl (C=O) groups excluding carboxylic acids is 1. The first-order valence-electron chi connectivity index (χ1n) is 6.92. The number of rotatable bonds is 7. The number of halogens is 1. The number of hydrogen-bond donors (Lipinski definition) is 1. The van der Waals surface area contributed by atoms with Gasteiger partial charge in [-0.05, 0) is 11.6 Å². The average molecular weight is 384 g/mol. The number of nitrogens with zero attached hydrogens (tertiary/aromatic N) is 1. The highest BCUT2D eigenvalue weighted by molar-refractivity contribution is 7.89. The summed E-state index contributed by atoms with van der Waals surface area (Å²) < 4.78 is 27.3. The van der Waals surface area contributed by atoms with Gasteiger partial charge in [0.25, 0.3) is 5.69 Å². The lowest BCUT2D eigenvalue weighted by molar-refractivity contribution is -0.385. The van der Waals surface area contributed by atoms with Crippen molar-refractivity contribution in [1.29, 1.82) is 0 Å². The molecule has 0 spiro atoms. The van der Waals surface area contributed by atoms with Crippen LogP contribution in [0.5, 0.6) is 0 Å². The third kappa shape index (κ3) is 4.75. The average Bonchev–Trinajstić information content (AvgIpc) is 2.54. The Hall–Kier alpha value is -2.49. The number of carboxylic acids is 1. The van der Waals surface area contributed by atoms with E-state index >= 15 is 0 Å². The lowest BCUT2D eigenvalue weighted by Crippen LogP contribution is -2.34. The Kier molecular flexibility index (Phi) is 5.73. The van der Waals surface area contributed by atoms with Crippen molar-refractivity contribution in [3.8, 4) is 0 Å². The molecule has 0 amide bonds. The largest absolute Gasteiger partial charge is 0.550 e. The summed E-state index contributed by atoms with van der Waals surface area (Å²) >= 11 is 5.85. The summed E-state index contributed by atoms with van der Waals surface area (Å²) in [4.78, 5) is 20.5. The molecule has 0 unspecified atom stereocenters. The zero-order valence-corrected chi connectivity index (χ0v) is 14.2.